The number of fused-ring (bicyclic) bond motifs is 1. The highest BCUT2D eigenvalue weighted by Gasteiger charge is 2.22. The van der Waals surface area contributed by atoms with Gasteiger partial charge in [-0.1, -0.05) is 66.3 Å². The van der Waals surface area contributed by atoms with E-state index >= 15 is 0 Å². The number of allylic oxidation sites excluding steroid dienone is 8. The van der Waals surface area contributed by atoms with Crippen LogP contribution in [0.5, 0.6) is 0 Å². The molecule has 1 atom stereocenters. The van der Waals surface area contributed by atoms with Crippen molar-refractivity contribution in [1.29, 1.82) is 0 Å². The molecule has 3 rings (SSSR count). The van der Waals surface area contributed by atoms with Gasteiger partial charge in [0.1, 0.15) is 0 Å². The monoisotopic (exact) mass is 220 g/mol. The molecule has 1 aromatic carbocycles. The second-order valence-electron chi connectivity index (χ2n) is 4.73. The third kappa shape index (κ3) is 1.91. The minimum Gasteiger partial charge on any atom is -0.0806 e. The molecule has 0 heteroatoms. The Kier molecular flexibility index (Phi) is 2.56. The van der Waals surface area contributed by atoms with Gasteiger partial charge in [0.15, 0.2) is 0 Å². The van der Waals surface area contributed by atoms with E-state index in [-0.39, 0.29) is 0 Å². The van der Waals surface area contributed by atoms with Gasteiger partial charge in [-0.3, -0.25) is 0 Å². The van der Waals surface area contributed by atoms with Gasteiger partial charge in [0.25, 0.3) is 0 Å². The molecule has 1 aromatic rings. The van der Waals surface area contributed by atoms with Crippen LogP contribution >= 0.6 is 0 Å². The molecule has 0 N–H and O–H groups in total. The summed E-state index contributed by atoms with van der Waals surface area (Å²) in [5, 5.41) is 0. The second-order valence-corrected chi connectivity index (χ2v) is 4.73. The van der Waals surface area contributed by atoms with Crippen LogP contribution in [-0.2, 0) is 0 Å². The Balaban J connectivity index is 2.01. The lowest BCUT2D eigenvalue weighted by Crippen LogP contribution is -2.10. The first-order valence-corrected chi connectivity index (χ1v) is 6.16. The van der Waals surface area contributed by atoms with Crippen molar-refractivity contribution in [2.45, 2.75) is 13.3 Å². The first kappa shape index (κ1) is 10.3. The molecule has 0 heterocycles. The van der Waals surface area contributed by atoms with Crippen LogP contribution in [0.15, 0.2) is 71.9 Å². The molecular weight excluding hydrogens is 204 g/mol. The summed E-state index contributed by atoms with van der Waals surface area (Å²) in [6.07, 6.45) is 12.4. The van der Waals surface area contributed by atoms with Crippen molar-refractivity contribution in [3.8, 4) is 0 Å². The zero-order valence-electron chi connectivity index (χ0n) is 10.1. The van der Waals surface area contributed by atoms with Crippen LogP contribution in [0.3, 0.4) is 0 Å². The summed E-state index contributed by atoms with van der Waals surface area (Å²) in [4.78, 5) is 0. The molecule has 0 aromatic heterocycles. The van der Waals surface area contributed by atoms with Crippen LogP contribution in [0, 0.1) is 5.92 Å². The van der Waals surface area contributed by atoms with Gasteiger partial charge in [0.05, 0.1) is 0 Å². The van der Waals surface area contributed by atoms with Crippen LogP contribution in [0.2, 0.25) is 0 Å². The molecule has 0 saturated carbocycles. The molecule has 0 aliphatic heterocycles. The fraction of sp³-hybridized carbons (Fsp3) is 0.176. The molecule has 0 fully saturated rings. The smallest absolute Gasteiger partial charge is 0.0130 e. The van der Waals surface area contributed by atoms with E-state index in [1.54, 1.807) is 0 Å². The normalized spacial score (nSPS) is 22.4. The quantitative estimate of drug-likeness (QED) is 0.652. The fourth-order valence-corrected chi connectivity index (χ4v) is 2.64. The maximum absolute atomic E-state index is 2.34. The Labute approximate surface area is 103 Å². The van der Waals surface area contributed by atoms with Crippen LogP contribution in [0.4, 0.5) is 0 Å². The van der Waals surface area contributed by atoms with Gasteiger partial charge in [0, 0.05) is 5.92 Å². The Bertz CT molecular complexity index is 539. The van der Waals surface area contributed by atoms with E-state index in [1.807, 2.05) is 0 Å². The topological polar surface area (TPSA) is 0 Å². The van der Waals surface area contributed by atoms with E-state index in [0.29, 0.717) is 5.92 Å². The summed E-state index contributed by atoms with van der Waals surface area (Å²) < 4.78 is 0. The van der Waals surface area contributed by atoms with E-state index in [0.717, 1.165) is 6.42 Å². The summed E-state index contributed by atoms with van der Waals surface area (Å²) in [5.41, 5.74) is 5.63. The highest BCUT2D eigenvalue weighted by molar-refractivity contribution is 5.75. The molecular formula is C17H16. The highest BCUT2D eigenvalue weighted by atomic mass is 14.3. The van der Waals surface area contributed by atoms with Crippen molar-refractivity contribution >= 4 is 5.57 Å². The lowest BCUT2D eigenvalue weighted by atomic mass is 9.78. The molecule has 1 unspecified atom stereocenters. The average Bonchev–Trinajstić information content (AvgIpc) is 2.39. The minimum atomic E-state index is 0.547. The second kappa shape index (κ2) is 4.21. The molecule has 2 aliphatic rings. The fourth-order valence-electron chi connectivity index (χ4n) is 2.64. The van der Waals surface area contributed by atoms with E-state index in [4.69, 9.17) is 0 Å². The summed E-state index contributed by atoms with van der Waals surface area (Å²) in [7, 11) is 0. The highest BCUT2D eigenvalue weighted by Crippen LogP contribution is 2.38. The third-order valence-electron chi connectivity index (χ3n) is 3.52. The first-order valence-electron chi connectivity index (χ1n) is 6.16. The van der Waals surface area contributed by atoms with Gasteiger partial charge in [-0.15, -0.1) is 0 Å². The summed E-state index contributed by atoms with van der Waals surface area (Å²) in [6, 6.07) is 10.7. The average molecular weight is 220 g/mol. The zero-order valence-corrected chi connectivity index (χ0v) is 10.1. The van der Waals surface area contributed by atoms with Crippen molar-refractivity contribution < 1.29 is 0 Å². The van der Waals surface area contributed by atoms with Gasteiger partial charge in [-0.25, -0.2) is 0 Å². The van der Waals surface area contributed by atoms with Gasteiger partial charge in [-0.2, -0.15) is 0 Å². The summed E-state index contributed by atoms with van der Waals surface area (Å²) in [6.45, 7) is 2.18. The van der Waals surface area contributed by atoms with Crippen LogP contribution in [0.25, 0.3) is 5.57 Å². The molecule has 0 bridgehead atoms. The van der Waals surface area contributed by atoms with Crippen molar-refractivity contribution in [3.05, 3.63) is 77.4 Å². The molecule has 0 nitrogen and oxygen atoms in total. The van der Waals surface area contributed by atoms with Crippen LogP contribution in [0.1, 0.15) is 18.9 Å². The maximum atomic E-state index is 2.34. The van der Waals surface area contributed by atoms with Gasteiger partial charge in [-0.05, 0) is 30.1 Å². The van der Waals surface area contributed by atoms with Crippen LogP contribution < -0.4 is 0 Å². The largest absolute Gasteiger partial charge is 0.0806 e. The minimum absolute atomic E-state index is 0.547. The maximum Gasteiger partial charge on any atom is 0.0130 e. The zero-order chi connectivity index (χ0) is 11.7. The standard InChI is InChI=1S/C17H16/c1-13-10-11-17-15(12-13)8-5-9-16(17)14-6-3-2-4-7-14/h2-10,12,17H,11H2,1H3. The third-order valence-corrected chi connectivity index (χ3v) is 3.52. The molecule has 0 amide bonds. The van der Waals surface area contributed by atoms with E-state index in [1.165, 1.54) is 22.3 Å². The summed E-state index contributed by atoms with van der Waals surface area (Å²) in [5.74, 6) is 0.547. The number of hydrogen-bond acceptors (Lipinski definition) is 0. The molecule has 0 saturated heterocycles. The Hall–Kier alpha value is -1.82. The van der Waals surface area contributed by atoms with Gasteiger partial charge >= 0.3 is 0 Å². The Morgan fingerprint density at radius 1 is 1.12 bits per heavy atom. The molecule has 0 radical (unpaired) electrons. The van der Waals surface area contributed by atoms with E-state index in [2.05, 4.69) is 67.6 Å². The van der Waals surface area contributed by atoms with Crippen LogP contribution in [-0.4, -0.2) is 0 Å². The molecule has 17 heavy (non-hydrogen) atoms. The first-order chi connectivity index (χ1) is 8.34. The van der Waals surface area contributed by atoms with Gasteiger partial charge < -0.3 is 0 Å². The molecule has 0 spiro atoms. The van der Waals surface area contributed by atoms with E-state index in [9.17, 15) is 0 Å². The lowest BCUT2D eigenvalue weighted by molar-refractivity contribution is 0.792. The SMILES string of the molecule is CC1=CCC2C(=C1)C=CC=C2c1ccccc1. The number of hydrogen-bond donors (Lipinski definition) is 0. The lowest BCUT2D eigenvalue weighted by Gasteiger charge is -2.26. The number of benzene rings is 1. The Morgan fingerprint density at radius 3 is 2.76 bits per heavy atom. The van der Waals surface area contributed by atoms with Crippen molar-refractivity contribution in [1.82, 2.24) is 0 Å². The number of rotatable bonds is 1. The van der Waals surface area contributed by atoms with Gasteiger partial charge in [0.2, 0.25) is 0 Å². The summed E-state index contributed by atoms with van der Waals surface area (Å²) >= 11 is 0. The molecule has 84 valence electrons. The van der Waals surface area contributed by atoms with Crippen molar-refractivity contribution in [2.75, 3.05) is 0 Å². The van der Waals surface area contributed by atoms with E-state index < -0.39 is 0 Å². The predicted octanol–water partition coefficient (Wildman–Crippen LogP) is 4.53. The predicted molar refractivity (Wildman–Crippen MR) is 73.5 cm³/mol. The van der Waals surface area contributed by atoms with Crippen molar-refractivity contribution in [2.24, 2.45) is 5.92 Å². The van der Waals surface area contributed by atoms with Crippen molar-refractivity contribution in [3.63, 3.8) is 0 Å². The molecule has 2 aliphatic carbocycles. The Morgan fingerprint density at radius 2 is 1.94 bits per heavy atom.